The number of hydrogen-bond acceptors (Lipinski definition) is 5. The SMILES string of the molecule is O=P1(c2ccccc2)c2cccc3c2N2c4c(cc5c(sc6ccccc65)c41)[Si](c1ccccc1)(c1ccccc1)c1cc4c(sc5ccccc54)c(c12)P3(=O)c1ccccc1. The quantitative estimate of drug-likeness (QED) is 0.131. The second-order valence-corrected chi connectivity index (χ2v) is 27.7. The fourth-order valence-electron chi connectivity index (χ4n) is 11.2. The third kappa shape index (κ3) is 4.18. The molecule has 2 unspecified atom stereocenters. The van der Waals surface area contributed by atoms with E-state index in [1.54, 1.807) is 22.7 Å². The molecule has 5 heterocycles. The zero-order chi connectivity index (χ0) is 41.0. The molecule has 0 spiro atoms. The lowest BCUT2D eigenvalue weighted by Gasteiger charge is -2.52. The first kappa shape index (κ1) is 35.5. The summed E-state index contributed by atoms with van der Waals surface area (Å²) < 4.78 is 39.6. The van der Waals surface area contributed by atoms with E-state index in [0.717, 1.165) is 69.1 Å². The van der Waals surface area contributed by atoms with Crippen molar-refractivity contribution in [3.8, 4) is 0 Å². The Morgan fingerprint density at radius 3 is 1.21 bits per heavy atom. The molecule has 62 heavy (non-hydrogen) atoms. The monoisotopic (exact) mass is 881 g/mol. The Labute approximate surface area is 366 Å². The summed E-state index contributed by atoms with van der Waals surface area (Å²) in [4.78, 5) is 2.48. The third-order valence-corrected chi connectivity index (χ3v) is 27.4. The second-order valence-electron chi connectivity index (χ2n) is 16.5. The van der Waals surface area contributed by atoms with Crippen LogP contribution in [0, 0.1) is 0 Å². The fourth-order valence-corrected chi connectivity index (χ4v) is 26.2. The van der Waals surface area contributed by atoms with Crippen LogP contribution in [0.2, 0.25) is 0 Å². The van der Waals surface area contributed by atoms with Gasteiger partial charge in [-0.05, 0) is 45.0 Å². The van der Waals surface area contributed by atoms with Gasteiger partial charge in [-0.25, -0.2) is 0 Å². The standard InChI is InChI=1S/C54H33NO2P2S2Si/c56-58(34-18-5-1-6-19-34)42-28-17-29-43-48(42)55-49-46(32-40-38-26-13-15-30-44(38)60-53(40)51(49)58)62(36-22-9-3-10-23-36,37-24-11-4-12-25-37)47-33-41-39-27-14-16-31-45(39)61-54(41)52(50(47)55)59(43,57)35-20-7-2-8-21-35/h1-33H. The van der Waals surface area contributed by atoms with Crippen LogP contribution in [0.25, 0.3) is 40.3 Å². The maximum Gasteiger partial charge on any atom is 0.184 e. The van der Waals surface area contributed by atoms with Gasteiger partial charge in [-0.2, -0.15) is 0 Å². The fraction of sp³-hybridized carbons (Fsp3) is 0. The van der Waals surface area contributed by atoms with Crippen molar-refractivity contribution in [3.63, 3.8) is 0 Å². The molecule has 0 N–H and O–H groups in total. The highest BCUT2D eigenvalue weighted by atomic mass is 32.1. The van der Waals surface area contributed by atoms with Crippen LogP contribution in [-0.4, -0.2) is 8.07 Å². The number of para-hydroxylation sites is 1. The molecule has 0 saturated heterocycles. The van der Waals surface area contributed by atoms with E-state index in [2.05, 4.69) is 163 Å². The molecule has 3 nitrogen and oxygen atoms in total. The topological polar surface area (TPSA) is 37.4 Å². The first-order chi connectivity index (χ1) is 30.5. The molecule has 2 aromatic heterocycles. The number of thiophene rings is 2. The number of benzene rings is 9. The number of rotatable bonds is 4. The van der Waals surface area contributed by atoms with Crippen molar-refractivity contribution in [1.29, 1.82) is 0 Å². The van der Waals surface area contributed by atoms with Crippen LogP contribution in [0.4, 0.5) is 17.1 Å². The smallest absolute Gasteiger partial charge is 0.184 e. The molecule has 0 aliphatic carbocycles. The largest absolute Gasteiger partial charge is 0.308 e. The highest BCUT2D eigenvalue weighted by Crippen LogP contribution is 2.63. The number of nitrogens with zero attached hydrogens (tertiary/aromatic N) is 1. The lowest BCUT2D eigenvalue weighted by Crippen LogP contribution is -2.78. The van der Waals surface area contributed by atoms with Crippen molar-refractivity contribution < 1.29 is 9.13 Å². The van der Waals surface area contributed by atoms with E-state index in [4.69, 9.17) is 0 Å². The summed E-state index contributed by atoms with van der Waals surface area (Å²) in [5.74, 6) is 0. The van der Waals surface area contributed by atoms with Crippen LogP contribution in [0.1, 0.15) is 0 Å². The Morgan fingerprint density at radius 1 is 0.387 bits per heavy atom. The van der Waals surface area contributed by atoms with Crippen molar-refractivity contribution in [2.24, 2.45) is 0 Å². The summed E-state index contributed by atoms with van der Waals surface area (Å²) in [5, 5.41) is 14.4. The van der Waals surface area contributed by atoms with Gasteiger partial charge in [0.25, 0.3) is 0 Å². The van der Waals surface area contributed by atoms with Crippen LogP contribution in [0.5, 0.6) is 0 Å². The van der Waals surface area contributed by atoms with Gasteiger partial charge in [0, 0.05) is 61.6 Å². The maximum atomic E-state index is 17.6. The molecule has 0 saturated carbocycles. The van der Waals surface area contributed by atoms with Crippen LogP contribution in [0.15, 0.2) is 200 Å². The van der Waals surface area contributed by atoms with Crippen LogP contribution in [0.3, 0.4) is 0 Å². The number of anilines is 3. The first-order valence-electron chi connectivity index (χ1n) is 20.9. The molecule has 2 atom stereocenters. The average Bonchev–Trinajstić information content (AvgIpc) is 3.90. The molecule has 0 amide bonds. The Hall–Kier alpha value is -6.10. The van der Waals surface area contributed by atoms with Gasteiger partial charge in [-0.1, -0.05) is 176 Å². The van der Waals surface area contributed by atoms with E-state index in [1.165, 1.54) is 40.9 Å². The molecule has 11 aromatic rings. The van der Waals surface area contributed by atoms with Gasteiger partial charge >= 0.3 is 0 Å². The molecule has 9 aromatic carbocycles. The summed E-state index contributed by atoms with van der Waals surface area (Å²) in [6, 6.07) is 71.0. The lowest BCUT2D eigenvalue weighted by atomic mass is 10.1. The predicted molar refractivity (Wildman–Crippen MR) is 270 cm³/mol. The summed E-state index contributed by atoms with van der Waals surface area (Å²) in [6.45, 7) is 0. The Bertz CT molecular complexity index is 3580. The molecule has 292 valence electrons. The molecule has 0 radical (unpaired) electrons. The normalized spacial score (nSPS) is 19.0. The average molecular weight is 882 g/mol. The van der Waals surface area contributed by atoms with Gasteiger partial charge in [0.15, 0.2) is 22.4 Å². The molecule has 3 aliphatic rings. The molecule has 14 rings (SSSR count). The minimum Gasteiger partial charge on any atom is -0.308 e. The van der Waals surface area contributed by atoms with E-state index in [-0.39, 0.29) is 0 Å². The summed E-state index contributed by atoms with van der Waals surface area (Å²) >= 11 is 3.50. The first-order valence-corrected chi connectivity index (χ1v) is 27.9. The summed E-state index contributed by atoms with van der Waals surface area (Å²) in [5.41, 5.74) is 2.83. The van der Waals surface area contributed by atoms with E-state index in [0.29, 0.717) is 0 Å². The number of fused-ring (bicyclic) bond motifs is 8. The van der Waals surface area contributed by atoms with E-state index in [9.17, 15) is 0 Å². The Kier molecular flexibility index (Phi) is 7.16. The maximum absolute atomic E-state index is 17.6. The third-order valence-electron chi connectivity index (χ3n) is 13.7. The van der Waals surface area contributed by atoms with Crippen LogP contribution in [-0.2, 0) is 9.13 Å². The van der Waals surface area contributed by atoms with Crippen molar-refractivity contribution in [2.45, 2.75) is 0 Å². The zero-order valence-corrected chi connectivity index (χ0v) is 37.4. The summed E-state index contributed by atoms with van der Waals surface area (Å²) in [6.07, 6.45) is 0. The van der Waals surface area contributed by atoms with Gasteiger partial charge in [-0.15, -0.1) is 22.7 Å². The molecular weight excluding hydrogens is 849 g/mol. The van der Waals surface area contributed by atoms with Crippen molar-refractivity contribution in [2.75, 3.05) is 4.90 Å². The highest BCUT2D eigenvalue weighted by Gasteiger charge is 2.59. The van der Waals surface area contributed by atoms with Crippen LogP contribution >= 0.6 is 37.0 Å². The van der Waals surface area contributed by atoms with E-state index >= 15 is 9.13 Å². The minimum atomic E-state index is -3.69. The predicted octanol–water partition coefficient (Wildman–Crippen LogP) is 9.49. The second kappa shape index (κ2) is 12.5. The molecule has 3 aliphatic heterocycles. The molecule has 0 fully saturated rings. The van der Waals surface area contributed by atoms with Gasteiger partial charge in [-0.3, -0.25) is 0 Å². The highest BCUT2D eigenvalue weighted by molar-refractivity contribution is 7.89. The number of hydrogen-bond donors (Lipinski definition) is 0. The lowest BCUT2D eigenvalue weighted by molar-refractivity contribution is 0.592. The molecular formula is C54H33NO2P2S2Si. The molecule has 8 heteroatoms. The van der Waals surface area contributed by atoms with E-state index < -0.39 is 22.4 Å². The zero-order valence-electron chi connectivity index (χ0n) is 33.0. The van der Waals surface area contributed by atoms with Gasteiger partial charge < -0.3 is 14.0 Å². The minimum absolute atomic E-state index is 0.752. The summed E-state index contributed by atoms with van der Waals surface area (Å²) in [7, 11) is -10.8. The van der Waals surface area contributed by atoms with Crippen molar-refractivity contribution in [1.82, 2.24) is 0 Å². The Balaban J connectivity index is 1.33. The Morgan fingerprint density at radius 2 is 0.774 bits per heavy atom. The van der Waals surface area contributed by atoms with Crippen molar-refractivity contribution in [3.05, 3.63) is 200 Å². The molecule has 0 bridgehead atoms. The van der Waals surface area contributed by atoms with E-state index in [1.807, 2.05) is 42.5 Å². The van der Waals surface area contributed by atoms with Gasteiger partial charge in [0.1, 0.15) is 0 Å². The van der Waals surface area contributed by atoms with Crippen molar-refractivity contribution >= 4 is 155 Å². The van der Waals surface area contributed by atoms with Gasteiger partial charge in [0.2, 0.25) is 0 Å². The van der Waals surface area contributed by atoms with Gasteiger partial charge in [0.05, 0.1) is 27.7 Å². The van der Waals surface area contributed by atoms with Crippen LogP contribution < -0.4 is 57.5 Å².